The summed E-state index contributed by atoms with van der Waals surface area (Å²) in [5, 5.41) is 4.46. The number of carbonyl (C=O) groups is 1. The average molecular weight is 390 g/mol. The topological polar surface area (TPSA) is 29.1 Å². The van der Waals surface area contributed by atoms with E-state index in [0.717, 1.165) is 6.42 Å². The highest BCUT2D eigenvalue weighted by Crippen LogP contribution is 2.23. The van der Waals surface area contributed by atoms with E-state index >= 15 is 0 Å². The van der Waals surface area contributed by atoms with Gasteiger partial charge in [0.05, 0.1) is 14.8 Å². The fourth-order valence-corrected chi connectivity index (χ4v) is 4.06. The van der Waals surface area contributed by atoms with Crippen LogP contribution in [0.1, 0.15) is 23.0 Å². The first-order chi connectivity index (χ1) is 7.56. The normalized spacial score (nSPS) is 11.5. The molecule has 0 aromatic carbocycles. The van der Waals surface area contributed by atoms with Gasteiger partial charge in [0.2, 0.25) is 0 Å². The Bertz CT molecular complexity index is 357. The fraction of sp³-hybridized carbons (Fsp3) is 0.500. The maximum Gasteiger partial charge on any atom is 0.261 e. The SMILES string of the molecule is CCC(CBr)(CBr)NC(=O)c1ccc(Cl)s1. The maximum absolute atomic E-state index is 11.9. The molecular formula is C10H12Br2ClNOS. The maximum atomic E-state index is 11.9. The van der Waals surface area contributed by atoms with Crippen molar-refractivity contribution in [3.05, 3.63) is 21.3 Å². The van der Waals surface area contributed by atoms with E-state index in [0.29, 0.717) is 19.9 Å². The average Bonchev–Trinajstić information content (AvgIpc) is 2.73. The summed E-state index contributed by atoms with van der Waals surface area (Å²) in [5.41, 5.74) is -0.243. The van der Waals surface area contributed by atoms with Crippen molar-refractivity contribution in [2.75, 3.05) is 10.7 Å². The van der Waals surface area contributed by atoms with E-state index in [1.54, 1.807) is 12.1 Å². The first-order valence-corrected chi connectivity index (χ1v) is 8.20. The highest BCUT2D eigenvalue weighted by Gasteiger charge is 2.28. The summed E-state index contributed by atoms with van der Waals surface area (Å²) >= 11 is 14.0. The van der Waals surface area contributed by atoms with Crippen molar-refractivity contribution in [3.63, 3.8) is 0 Å². The molecule has 1 amide bonds. The molecule has 1 N–H and O–H groups in total. The lowest BCUT2D eigenvalue weighted by molar-refractivity contribution is 0.0919. The predicted molar refractivity (Wildman–Crippen MR) is 77.4 cm³/mol. The van der Waals surface area contributed by atoms with Crippen molar-refractivity contribution in [3.8, 4) is 0 Å². The standard InChI is InChI=1S/C10H12Br2ClNOS/c1-2-10(5-11,6-12)14-9(15)7-3-4-8(13)16-7/h3-4H,2,5-6H2,1H3,(H,14,15). The summed E-state index contributed by atoms with van der Waals surface area (Å²) in [4.78, 5) is 12.6. The van der Waals surface area contributed by atoms with Gasteiger partial charge in [-0.3, -0.25) is 4.79 Å². The molecule has 0 aliphatic heterocycles. The van der Waals surface area contributed by atoms with Crippen molar-refractivity contribution < 1.29 is 4.79 Å². The van der Waals surface area contributed by atoms with Gasteiger partial charge in [0.15, 0.2) is 0 Å². The van der Waals surface area contributed by atoms with E-state index < -0.39 is 0 Å². The van der Waals surface area contributed by atoms with E-state index in [2.05, 4.69) is 37.2 Å². The Morgan fingerprint density at radius 2 is 2.12 bits per heavy atom. The number of hydrogen-bond acceptors (Lipinski definition) is 2. The number of rotatable bonds is 5. The zero-order chi connectivity index (χ0) is 12.2. The molecule has 0 spiro atoms. The molecule has 90 valence electrons. The highest BCUT2D eigenvalue weighted by molar-refractivity contribution is 9.09. The minimum Gasteiger partial charge on any atom is -0.344 e. The van der Waals surface area contributed by atoms with Gasteiger partial charge in [0.25, 0.3) is 5.91 Å². The molecule has 1 aromatic rings. The molecule has 0 unspecified atom stereocenters. The van der Waals surface area contributed by atoms with Gasteiger partial charge in [0, 0.05) is 10.7 Å². The number of nitrogens with one attached hydrogen (secondary N) is 1. The fourth-order valence-electron chi connectivity index (χ4n) is 1.12. The summed E-state index contributed by atoms with van der Waals surface area (Å²) in [7, 11) is 0. The molecule has 1 heterocycles. The molecule has 0 aliphatic carbocycles. The first-order valence-electron chi connectivity index (χ1n) is 4.76. The number of hydrogen-bond donors (Lipinski definition) is 1. The summed E-state index contributed by atoms with van der Waals surface area (Å²) in [6.45, 7) is 2.05. The van der Waals surface area contributed by atoms with Crippen LogP contribution >= 0.6 is 54.8 Å². The number of alkyl halides is 2. The molecule has 16 heavy (non-hydrogen) atoms. The summed E-state index contributed by atoms with van der Waals surface area (Å²) in [5.74, 6) is -0.0716. The van der Waals surface area contributed by atoms with Crippen molar-refractivity contribution >= 4 is 60.7 Å². The van der Waals surface area contributed by atoms with Crippen LogP contribution in [0.25, 0.3) is 0 Å². The minimum atomic E-state index is -0.243. The number of halogens is 3. The second kappa shape index (κ2) is 6.38. The largest absolute Gasteiger partial charge is 0.344 e. The second-order valence-electron chi connectivity index (χ2n) is 3.46. The molecule has 2 nitrogen and oxygen atoms in total. The smallest absolute Gasteiger partial charge is 0.261 e. The van der Waals surface area contributed by atoms with Crippen LogP contribution in [0.15, 0.2) is 12.1 Å². The van der Waals surface area contributed by atoms with Gasteiger partial charge in [0.1, 0.15) is 0 Å². The number of amides is 1. The number of thiophene rings is 1. The minimum absolute atomic E-state index is 0.0716. The Morgan fingerprint density at radius 1 is 1.50 bits per heavy atom. The van der Waals surface area contributed by atoms with Crippen LogP contribution < -0.4 is 5.32 Å². The van der Waals surface area contributed by atoms with Crippen LogP contribution in [0.5, 0.6) is 0 Å². The van der Waals surface area contributed by atoms with Crippen molar-refractivity contribution in [2.45, 2.75) is 18.9 Å². The highest BCUT2D eigenvalue weighted by atomic mass is 79.9. The Hall–Kier alpha value is 0.420. The van der Waals surface area contributed by atoms with Crippen LogP contribution in [-0.2, 0) is 0 Å². The van der Waals surface area contributed by atoms with E-state index in [1.807, 2.05) is 6.92 Å². The third-order valence-corrected chi connectivity index (χ3v) is 5.74. The molecule has 0 radical (unpaired) electrons. The van der Waals surface area contributed by atoms with Gasteiger partial charge in [-0.25, -0.2) is 0 Å². The molecule has 0 atom stereocenters. The number of carbonyl (C=O) groups excluding carboxylic acids is 1. The van der Waals surface area contributed by atoms with Crippen molar-refractivity contribution in [1.29, 1.82) is 0 Å². The Balaban J connectivity index is 2.76. The first kappa shape index (κ1) is 14.5. The second-order valence-corrected chi connectivity index (χ2v) is 6.30. The van der Waals surface area contributed by atoms with Crippen LogP contribution in [0, 0.1) is 0 Å². The van der Waals surface area contributed by atoms with E-state index in [4.69, 9.17) is 11.6 Å². The molecule has 0 saturated carbocycles. The molecule has 1 aromatic heterocycles. The summed E-state index contributed by atoms with van der Waals surface area (Å²) in [6, 6.07) is 3.47. The van der Waals surface area contributed by atoms with Gasteiger partial charge in [-0.05, 0) is 18.6 Å². The van der Waals surface area contributed by atoms with E-state index in [9.17, 15) is 4.79 Å². The molecular weight excluding hydrogens is 377 g/mol. The zero-order valence-electron chi connectivity index (χ0n) is 8.73. The lowest BCUT2D eigenvalue weighted by atomic mass is 10.0. The lowest BCUT2D eigenvalue weighted by Crippen LogP contribution is -2.50. The zero-order valence-corrected chi connectivity index (χ0v) is 13.5. The van der Waals surface area contributed by atoms with E-state index in [1.165, 1.54) is 11.3 Å². The molecule has 0 fully saturated rings. The molecule has 1 rings (SSSR count). The molecule has 6 heteroatoms. The van der Waals surface area contributed by atoms with Crippen LogP contribution in [-0.4, -0.2) is 22.1 Å². The van der Waals surface area contributed by atoms with Crippen molar-refractivity contribution in [2.24, 2.45) is 0 Å². The molecule has 0 saturated heterocycles. The van der Waals surface area contributed by atoms with E-state index in [-0.39, 0.29) is 11.4 Å². The molecule has 0 bridgehead atoms. The van der Waals surface area contributed by atoms with Crippen molar-refractivity contribution in [1.82, 2.24) is 5.32 Å². The monoisotopic (exact) mass is 387 g/mol. The quantitative estimate of drug-likeness (QED) is 0.756. The van der Waals surface area contributed by atoms with Gasteiger partial charge >= 0.3 is 0 Å². The van der Waals surface area contributed by atoms with Crippen LogP contribution in [0.3, 0.4) is 0 Å². The van der Waals surface area contributed by atoms with Crippen LogP contribution in [0.4, 0.5) is 0 Å². The van der Waals surface area contributed by atoms with Gasteiger partial charge < -0.3 is 5.32 Å². The Morgan fingerprint density at radius 3 is 2.50 bits per heavy atom. The summed E-state index contributed by atoms with van der Waals surface area (Å²) < 4.78 is 0.630. The Kier molecular flexibility index (Phi) is 5.77. The van der Waals surface area contributed by atoms with Gasteiger partial charge in [-0.15, -0.1) is 11.3 Å². The third kappa shape index (κ3) is 3.45. The lowest BCUT2D eigenvalue weighted by Gasteiger charge is -2.29. The third-order valence-electron chi connectivity index (χ3n) is 2.36. The Labute approximate surface area is 121 Å². The van der Waals surface area contributed by atoms with Gasteiger partial charge in [-0.2, -0.15) is 0 Å². The predicted octanol–water partition coefficient (Wildman–Crippen LogP) is 4.07. The summed E-state index contributed by atoms with van der Waals surface area (Å²) in [6.07, 6.45) is 0.856. The molecule has 0 aliphatic rings. The van der Waals surface area contributed by atoms with Crippen LogP contribution in [0.2, 0.25) is 4.34 Å². The van der Waals surface area contributed by atoms with Gasteiger partial charge in [-0.1, -0.05) is 50.4 Å².